The van der Waals surface area contributed by atoms with Crippen molar-refractivity contribution in [2.24, 2.45) is 0 Å². The van der Waals surface area contributed by atoms with Gasteiger partial charge in [-0.2, -0.15) is 67.3 Å². The van der Waals surface area contributed by atoms with Crippen LogP contribution in [0.1, 0.15) is 0 Å². The van der Waals surface area contributed by atoms with E-state index >= 15 is 0 Å². The summed E-state index contributed by atoms with van der Waals surface area (Å²) in [6.45, 7) is -6.25. The first-order valence-electron chi connectivity index (χ1n) is 12.3. The van der Waals surface area contributed by atoms with Crippen LogP contribution in [0.4, 0.5) is 0 Å². The first kappa shape index (κ1) is 50.0. The molecule has 2 heterocycles. The maximum atomic E-state index is 11.9. The molecule has 2 saturated heterocycles. The summed E-state index contributed by atoms with van der Waals surface area (Å²) in [4.78, 5) is 0. The Balaban J connectivity index is 3.07. The van der Waals surface area contributed by atoms with E-state index in [2.05, 4.69) is 33.5 Å². The maximum Gasteiger partial charge on any atom is 0.397 e. The lowest BCUT2D eigenvalue weighted by Gasteiger charge is -2.45. The minimum atomic E-state index is -6.24. The van der Waals surface area contributed by atoms with E-state index in [4.69, 9.17) is 23.3 Å². The number of hydrogen-bond acceptors (Lipinski definition) is 27. The molecule has 0 aromatic carbocycles. The van der Waals surface area contributed by atoms with Crippen molar-refractivity contribution in [2.45, 2.75) is 54.8 Å². The van der Waals surface area contributed by atoms with Crippen molar-refractivity contribution in [3.8, 4) is 0 Å². The van der Waals surface area contributed by atoms with Gasteiger partial charge in [0, 0.05) is 0 Å². The van der Waals surface area contributed by atoms with Crippen molar-refractivity contribution in [1.29, 1.82) is 0 Å². The third-order valence-electron chi connectivity index (χ3n) is 5.68. The van der Waals surface area contributed by atoms with Gasteiger partial charge in [0.1, 0.15) is 37.1 Å². The van der Waals surface area contributed by atoms with E-state index in [0.29, 0.717) is 0 Å². The molecular formula is C12H22O35S8. The highest BCUT2D eigenvalue weighted by atomic mass is 32.3. The summed E-state index contributed by atoms with van der Waals surface area (Å²) in [7, 11) is -48.3. The number of ether oxygens (including phenoxy) is 3. The molecule has 0 bridgehead atoms. The molecule has 328 valence electrons. The monoisotopic (exact) mass is 982 g/mol. The van der Waals surface area contributed by atoms with Crippen LogP contribution in [-0.4, -0.2) is 178 Å². The fourth-order valence-corrected chi connectivity index (χ4v) is 7.68. The zero-order valence-electron chi connectivity index (χ0n) is 25.1. The van der Waals surface area contributed by atoms with Crippen molar-refractivity contribution in [3.63, 3.8) is 0 Å². The van der Waals surface area contributed by atoms with Crippen molar-refractivity contribution in [2.75, 3.05) is 19.8 Å². The molecular weight excluding hydrogens is 961 g/mol. The second-order valence-corrected chi connectivity index (χ2v) is 18.2. The average molecular weight is 983 g/mol. The Morgan fingerprint density at radius 1 is 0.418 bits per heavy atom. The summed E-state index contributed by atoms with van der Waals surface area (Å²) in [5.41, 5.74) is 0. The SMILES string of the molecule is O=S(=O)(O)OC[C@H]1O[C@@](COS(=O)(=O)O)(O[C@@H]2O[C@H](COS(=O)(=O)O)[C@@H](OS(=O)(=O)O)[C@H](OS(=O)(=O)O)[C@H]2OS(=O)(=O)O)[C@@H](OS(=O)(=O)O)[C@@H]1OS(=O)(=O)O. The molecule has 2 aliphatic rings. The highest BCUT2D eigenvalue weighted by molar-refractivity contribution is 7.82. The van der Waals surface area contributed by atoms with Crippen LogP contribution < -0.4 is 0 Å². The molecule has 43 heteroatoms. The predicted molar refractivity (Wildman–Crippen MR) is 152 cm³/mol. The minimum Gasteiger partial charge on any atom is -0.341 e. The van der Waals surface area contributed by atoms with E-state index in [0.717, 1.165) is 0 Å². The Hall–Kier alpha value is -1.16. The molecule has 55 heavy (non-hydrogen) atoms. The third kappa shape index (κ3) is 18.1. The summed E-state index contributed by atoms with van der Waals surface area (Å²) >= 11 is 0. The zero-order chi connectivity index (χ0) is 43.0. The van der Waals surface area contributed by atoms with Gasteiger partial charge in [-0.1, -0.05) is 0 Å². The maximum absolute atomic E-state index is 11.9. The molecule has 35 nitrogen and oxygen atoms in total. The lowest BCUT2D eigenvalue weighted by Crippen LogP contribution is -2.65. The van der Waals surface area contributed by atoms with Gasteiger partial charge in [-0.05, 0) is 0 Å². The van der Waals surface area contributed by atoms with Gasteiger partial charge in [-0.25, -0.2) is 33.5 Å². The molecule has 0 aromatic rings. The van der Waals surface area contributed by atoms with Crippen molar-refractivity contribution in [1.82, 2.24) is 0 Å². The summed E-state index contributed by atoms with van der Waals surface area (Å²) in [6.07, 6.45) is -26.0. The minimum absolute atomic E-state index is 1.92. The highest BCUT2D eigenvalue weighted by Crippen LogP contribution is 2.42. The van der Waals surface area contributed by atoms with E-state index in [1.807, 2.05) is 0 Å². The molecule has 0 aromatic heterocycles. The Labute approximate surface area is 308 Å². The molecule has 0 radical (unpaired) electrons. The summed E-state index contributed by atoms with van der Waals surface area (Å²) < 4.78 is 307. The highest BCUT2D eigenvalue weighted by Gasteiger charge is 2.65. The zero-order valence-corrected chi connectivity index (χ0v) is 31.6. The van der Waals surface area contributed by atoms with Crippen molar-refractivity contribution >= 4 is 83.2 Å². The van der Waals surface area contributed by atoms with Gasteiger partial charge in [0.2, 0.25) is 5.79 Å². The fourth-order valence-electron chi connectivity index (χ4n) is 4.24. The third-order valence-corrected chi connectivity index (χ3v) is 9.28. The van der Waals surface area contributed by atoms with Gasteiger partial charge in [0.15, 0.2) is 18.5 Å². The Morgan fingerprint density at radius 2 is 0.782 bits per heavy atom. The molecule has 9 atom stereocenters. The molecule has 8 N–H and O–H groups in total. The smallest absolute Gasteiger partial charge is 0.341 e. The lowest BCUT2D eigenvalue weighted by atomic mass is 9.99. The average Bonchev–Trinajstić information content (AvgIpc) is 3.15. The summed E-state index contributed by atoms with van der Waals surface area (Å²) in [6, 6.07) is 0. The number of rotatable bonds is 21. The first-order valence-corrected chi connectivity index (χ1v) is 23.2. The van der Waals surface area contributed by atoms with Crippen LogP contribution >= 0.6 is 0 Å². The fraction of sp³-hybridized carbons (Fsp3) is 1.00. The Morgan fingerprint density at radius 3 is 1.18 bits per heavy atom. The molecule has 0 saturated carbocycles. The van der Waals surface area contributed by atoms with Gasteiger partial charge in [0.05, 0.1) is 13.2 Å². The standard InChI is InChI=1S/C12H22O35S8/c13-48(14,15)37-1-4-6(43-51(22,23)24)8(45-53(28,29)30)9(46-54(31,32)33)11(40-4)42-12(3-39-50(19,20)21)10(47-55(34,35)36)7(44-52(25,26)27)5(41-12)2-38-49(16,17)18/h4-11H,1-3H2,(H,13,14,15)(H,16,17,18)(H,19,20,21)(H,22,23,24)(H,25,26,27)(H,28,29,30)(H,31,32,33)(H,34,35,36)/t4-,5-,6-,7-,8+,9-,10+,11+,12+/m1/s1. The quantitative estimate of drug-likeness (QED) is 0.0496. The largest absolute Gasteiger partial charge is 0.397 e. The molecule has 0 spiro atoms. The Kier molecular flexibility index (Phi) is 15.6. The Bertz CT molecular complexity index is 2280. The van der Waals surface area contributed by atoms with Crippen LogP contribution in [0.3, 0.4) is 0 Å². The van der Waals surface area contributed by atoms with Crippen molar-refractivity contribution in [3.05, 3.63) is 0 Å². The van der Waals surface area contributed by atoms with Crippen LogP contribution in [0.25, 0.3) is 0 Å². The summed E-state index contributed by atoms with van der Waals surface area (Å²) in [5, 5.41) is 0. The summed E-state index contributed by atoms with van der Waals surface area (Å²) in [5.74, 6) is -4.12. The molecule has 0 aliphatic carbocycles. The van der Waals surface area contributed by atoms with Gasteiger partial charge in [0.25, 0.3) is 0 Å². The first-order chi connectivity index (χ1) is 24.2. The second-order valence-electron chi connectivity index (χ2n) is 9.64. The molecule has 2 rings (SSSR count). The van der Waals surface area contributed by atoms with Crippen LogP contribution in [0.15, 0.2) is 0 Å². The van der Waals surface area contributed by atoms with E-state index in [1.165, 1.54) is 0 Å². The van der Waals surface area contributed by atoms with E-state index < -0.39 is 158 Å². The topological polar surface area (TPSA) is 536 Å². The van der Waals surface area contributed by atoms with Crippen LogP contribution in [0.2, 0.25) is 0 Å². The molecule has 0 amide bonds. The van der Waals surface area contributed by atoms with Gasteiger partial charge < -0.3 is 14.2 Å². The van der Waals surface area contributed by atoms with Crippen LogP contribution in [-0.2, 0) is 131 Å². The van der Waals surface area contributed by atoms with Gasteiger partial charge in [-0.3, -0.25) is 36.4 Å². The van der Waals surface area contributed by atoms with Gasteiger partial charge in [-0.15, -0.1) is 0 Å². The lowest BCUT2D eigenvalue weighted by molar-refractivity contribution is -0.374. The normalized spacial score (nSPS) is 30.7. The van der Waals surface area contributed by atoms with Crippen molar-refractivity contribution < 1.29 is 151 Å². The molecule has 0 unspecified atom stereocenters. The molecule has 2 aliphatic heterocycles. The molecule has 2 fully saturated rings. The van der Waals surface area contributed by atoms with Crippen LogP contribution in [0, 0.1) is 0 Å². The predicted octanol–water partition coefficient (Wildman–Crippen LogP) is -6.78. The van der Waals surface area contributed by atoms with Gasteiger partial charge >= 0.3 is 83.2 Å². The van der Waals surface area contributed by atoms with E-state index in [9.17, 15) is 94.7 Å². The van der Waals surface area contributed by atoms with Crippen LogP contribution in [0.5, 0.6) is 0 Å². The number of hydrogen-bond donors (Lipinski definition) is 8. The van der Waals surface area contributed by atoms with E-state index in [1.54, 1.807) is 0 Å². The second kappa shape index (κ2) is 17.2. The van der Waals surface area contributed by atoms with E-state index in [-0.39, 0.29) is 0 Å².